The maximum absolute atomic E-state index is 8.91. The molecule has 4 nitrogen and oxygen atoms in total. The monoisotopic (exact) mass is 270 g/mol. The molecule has 0 spiro atoms. The highest BCUT2D eigenvalue weighted by Crippen LogP contribution is 2.33. The molecule has 20 heavy (non-hydrogen) atoms. The molecule has 0 N–H and O–H groups in total. The highest BCUT2D eigenvalue weighted by Gasteiger charge is 2.32. The maximum Gasteiger partial charge on any atom is 0.205 e. The van der Waals surface area contributed by atoms with Crippen LogP contribution < -0.4 is 4.74 Å². The third kappa shape index (κ3) is 2.54. The zero-order valence-electron chi connectivity index (χ0n) is 11.6. The number of aryl methyl sites for hydroxylation is 1. The van der Waals surface area contributed by atoms with Crippen LogP contribution in [-0.2, 0) is 4.74 Å². The van der Waals surface area contributed by atoms with Crippen LogP contribution in [-0.4, -0.2) is 25.0 Å². The van der Waals surface area contributed by atoms with Gasteiger partial charge in [0.05, 0.1) is 12.3 Å². The number of fused-ring (bicyclic) bond motifs is 1. The molecule has 1 fully saturated rings. The summed E-state index contributed by atoms with van der Waals surface area (Å²) in [6, 6.07) is 6.05. The van der Waals surface area contributed by atoms with Gasteiger partial charge >= 0.3 is 0 Å². The number of hydrogen-bond acceptors (Lipinski definition) is 4. The van der Waals surface area contributed by atoms with E-state index in [9.17, 15) is 0 Å². The second-order valence-electron chi connectivity index (χ2n) is 5.50. The standard InChI is InChI=1S/C16H18N2O2/c1-11-4-5-15-13(7-11)14(18-10-17)8-16(20-15)12-3-2-6-19-9-12/h4-5,7,12,16H,2-3,6,8-9H2,1H3. The smallest absolute Gasteiger partial charge is 0.205 e. The molecule has 2 aliphatic rings. The van der Waals surface area contributed by atoms with Gasteiger partial charge in [0.25, 0.3) is 0 Å². The lowest BCUT2D eigenvalue weighted by Crippen LogP contribution is -2.38. The van der Waals surface area contributed by atoms with Gasteiger partial charge in [0, 0.05) is 24.5 Å². The Labute approximate surface area is 119 Å². The molecule has 2 unspecified atom stereocenters. The van der Waals surface area contributed by atoms with E-state index in [1.807, 2.05) is 31.3 Å². The molecule has 0 bridgehead atoms. The van der Waals surface area contributed by atoms with Crippen LogP contribution in [0.2, 0.25) is 0 Å². The summed E-state index contributed by atoms with van der Waals surface area (Å²) in [5, 5.41) is 8.91. The molecule has 2 heterocycles. The predicted octanol–water partition coefficient (Wildman–Crippen LogP) is 2.84. The Hall–Kier alpha value is -1.86. The summed E-state index contributed by atoms with van der Waals surface area (Å²) in [5.74, 6) is 1.23. The van der Waals surface area contributed by atoms with Crippen molar-refractivity contribution in [1.29, 1.82) is 5.26 Å². The van der Waals surface area contributed by atoms with Gasteiger partial charge in [-0.05, 0) is 31.9 Å². The Balaban J connectivity index is 1.91. The summed E-state index contributed by atoms with van der Waals surface area (Å²) in [5.41, 5.74) is 2.95. The van der Waals surface area contributed by atoms with E-state index in [0.717, 1.165) is 48.6 Å². The molecule has 104 valence electrons. The van der Waals surface area contributed by atoms with Crippen molar-refractivity contribution in [2.24, 2.45) is 10.9 Å². The van der Waals surface area contributed by atoms with Gasteiger partial charge in [-0.1, -0.05) is 11.6 Å². The molecule has 4 heteroatoms. The van der Waals surface area contributed by atoms with Crippen LogP contribution in [0.4, 0.5) is 0 Å². The lowest BCUT2D eigenvalue weighted by molar-refractivity contribution is 0.00174. The van der Waals surface area contributed by atoms with Gasteiger partial charge < -0.3 is 9.47 Å². The quantitative estimate of drug-likeness (QED) is 0.737. The van der Waals surface area contributed by atoms with Crippen molar-refractivity contribution in [3.05, 3.63) is 29.3 Å². The summed E-state index contributed by atoms with van der Waals surface area (Å²) in [7, 11) is 0. The fourth-order valence-corrected chi connectivity index (χ4v) is 2.97. The molecule has 2 aliphatic heterocycles. The second kappa shape index (κ2) is 5.64. The van der Waals surface area contributed by atoms with E-state index < -0.39 is 0 Å². The fraction of sp³-hybridized carbons (Fsp3) is 0.500. The first-order valence-electron chi connectivity index (χ1n) is 7.09. The molecule has 3 rings (SSSR count). The van der Waals surface area contributed by atoms with E-state index >= 15 is 0 Å². The number of nitrogens with zero attached hydrogens (tertiary/aromatic N) is 2. The van der Waals surface area contributed by atoms with E-state index in [1.54, 1.807) is 0 Å². The minimum absolute atomic E-state index is 0.0672. The molecule has 0 aromatic heterocycles. The Morgan fingerprint density at radius 2 is 2.30 bits per heavy atom. The molecule has 1 aromatic carbocycles. The highest BCUT2D eigenvalue weighted by atomic mass is 16.5. The average molecular weight is 270 g/mol. The van der Waals surface area contributed by atoms with Crippen molar-refractivity contribution in [2.75, 3.05) is 13.2 Å². The number of nitriles is 1. The van der Waals surface area contributed by atoms with E-state index in [-0.39, 0.29) is 6.10 Å². The van der Waals surface area contributed by atoms with Gasteiger partial charge in [-0.15, -0.1) is 0 Å². The zero-order chi connectivity index (χ0) is 13.9. The van der Waals surface area contributed by atoms with Crippen LogP contribution in [0, 0.1) is 24.3 Å². The van der Waals surface area contributed by atoms with Gasteiger partial charge in [0.15, 0.2) is 0 Å². The van der Waals surface area contributed by atoms with Crippen LogP contribution in [0.15, 0.2) is 23.2 Å². The van der Waals surface area contributed by atoms with Gasteiger partial charge in [-0.2, -0.15) is 10.3 Å². The van der Waals surface area contributed by atoms with Crippen molar-refractivity contribution < 1.29 is 9.47 Å². The second-order valence-corrected chi connectivity index (χ2v) is 5.50. The molecule has 0 radical (unpaired) electrons. The van der Waals surface area contributed by atoms with Crippen molar-refractivity contribution >= 4 is 5.71 Å². The Morgan fingerprint density at radius 3 is 3.05 bits per heavy atom. The first-order chi connectivity index (χ1) is 9.78. The minimum Gasteiger partial charge on any atom is -0.489 e. The van der Waals surface area contributed by atoms with Crippen LogP contribution in [0.3, 0.4) is 0 Å². The van der Waals surface area contributed by atoms with Crippen LogP contribution >= 0.6 is 0 Å². The van der Waals surface area contributed by atoms with Gasteiger partial charge in [-0.3, -0.25) is 0 Å². The normalized spacial score (nSPS) is 27.5. The zero-order valence-corrected chi connectivity index (χ0v) is 11.6. The molecule has 0 saturated carbocycles. The predicted molar refractivity (Wildman–Crippen MR) is 75.9 cm³/mol. The summed E-state index contributed by atoms with van der Waals surface area (Å²) >= 11 is 0. The van der Waals surface area contributed by atoms with Crippen molar-refractivity contribution in [3.63, 3.8) is 0 Å². The average Bonchev–Trinajstić information content (AvgIpc) is 2.49. The molecule has 2 atom stereocenters. The summed E-state index contributed by atoms with van der Waals surface area (Å²) in [6.45, 7) is 3.62. The first kappa shape index (κ1) is 13.1. The number of aliphatic imine (C=N–C) groups is 1. The first-order valence-corrected chi connectivity index (χ1v) is 7.09. The SMILES string of the molecule is Cc1ccc2c(c1)C(=NC#N)CC(C1CCCOC1)O2. The largest absolute Gasteiger partial charge is 0.489 e. The van der Waals surface area contributed by atoms with E-state index in [1.165, 1.54) is 0 Å². The Morgan fingerprint density at radius 1 is 1.40 bits per heavy atom. The summed E-state index contributed by atoms with van der Waals surface area (Å²) < 4.78 is 11.7. The third-order valence-electron chi connectivity index (χ3n) is 4.03. The molecule has 0 amide bonds. The number of benzene rings is 1. The third-order valence-corrected chi connectivity index (χ3v) is 4.03. The van der Waals surface area contributed by atoms with Crippen LogP contribution in [0.25, 0.3) is 0 Å². The van der Waals surface area contributed by atoms with Crippen LogP contribution in [0.1, 0.15) is 30.4 Å². The number of hydrogen-bond donors (Lipinski definition) is 0. The Bertz CT molecular complexity index is 568. The van der Waals surface area contributed by atoms with Gasteiger partial charge in [0.2, 0.25) is 6.19 Å². The lowest BCUT2D eigenvalue weighted by Gasteiger charge is -2.34. The highest BCUT2D eigenvalue weighted by molar-refractivity contribution is 6.04. The molecular formula is C16H18N2O2. The van der Waals surface area contributed by atoms with Crippen molar-refractivity contribution in [3.8, 4) is 11.9 Å². The number of rotatable bonds is 1. The summed E-state index contributed by atoms with van der Waals surface area (Å²) in [4.78, 5) is 4.01. The van der Waals surface area contributed by atoms with Gasteiger partial charge in [-0.25, -0.2) is 0 Å². The van der Waals surface area contributed by atoms with E-state index in [0.29, 0.717) is 12.3 Å². The molecule has 1 saturated heterocycles. The lowest BCUT2D eigenvalue weighted by atomic mass is 9.88. The number of ether oxygens (including phenoxy) is 2. The summed E-state index contributed by atoms with van der Waals surface area (Å²) in [6.07, 6.45) is 4.88. The fourth-order valence-electron chi connectivity index (χ4n) is 2.97. The van der Waals surface area contributed by atoms with E-state index in [4.69, 9.17) is 14.7 Å². The topological polar surface area (TPSA) is 54.6 Å². The molecule has 0 aliphatic carbocycles. The van der Waals surface area contributed by atoms with Crippen LogP contribution in [0.5, 0.6) is 5.75 Å². The molecular weight excluding hydrogens is 252 g/mol. The van der Waals surface area contributed by atoms with Crippen molar-refractivity contribution in [2.45, 2.75) is 32.3 Å². The van der Waals surface area contributed by atoms with Gasteiger partial charge in [0.1, 0.15) is 11.9 Å². The van der Waals surface area contributed by atoms with Crippen molar-refractivity contribution in [1.82, 2.24) is 0 Å². The molecule has 1 aromatic rings. The van der Waals surface area contributed by atoms with E-state index in [2.05, 4.69) is 4.99 Å². The Kier molecular flexibility index (Phi) is 3.70. The minimum atomic E-state index is 0.0672. The maximum atomic E-state index is 8.91.